The molecule has 0 aliphatic heterocycles. The van der Waals surface area contributed by atoms with E-state index in [-0.39, 0.29) is 11.7 Å². The quantitative estimate of drug-likeness (QED) is 0.638. The summed E-state index contributed by atoms with van der Waals surface area (Å²) >= 11 is 0. The van der Waals surface area contributed by atoms with Crippen LogP contribution in [0.4, 0.5) is 11.6 Å². The average Bonchev–Trinajstić information content (AvgIpc) is 2.66. The van der Waals surface area contributed by atoms with Crippen LogP contribution in [0.2, 0.25) is 0 Å². The Morgan fingerprint density at radius 1 is 0.964 bits per heavy atom. The predicted molar refractivity (Wildman–Crippen MR) is 109 cm³/mol. The molecule has 1 heterocycles. The van der Waals surface area contributed by atoms with Crippen LogP contribution in [0.15, 0.2) is 54.6 Å². The molecule has 0 saturated heterocycles. The minimum atomic E-state index is -0.262. The summed E-state index contributed by atoms with van der Waals surface area (Å²) in [5, 5.41) is 5.96. The van der Waals surface area contributed by atoms with Gasteiger partial charge in [-0.1, -0.05) is 29.8 Å². The van der Waals surface area contributed by atoms with Gasteiger partial charge in [-0.3, -0.25) is 9.59 Å². The Balaban J connectivity index is 1.71. The molecule has 0 saturated carbocycles. The number of Topliss-reactive ketones (excluding diaryl/α,β-unsaturated/α-hetero) is 1. The summed E-state index contributed by atoms with van der Waals surface area (Å²) in [6.45, 7) is 5.77. The number of carbonyl (C=O) groups excluding carboxylic acids is 2. The number of hydrogen-bond acceptors (Lipinski definition) is 5. The Bertz CT molecular complexity index is 1010. The van der Waals surface area contributed by atoms with E-state index in [9.17, 15) is 9.59 Å². The Labute approximate surface area is 164 Å². The molecule has 2 N–H and O–H groups in total. The largest absolute Gasteiger partial charge is 0.347 e. The van der Waals surface area contributed by atoms with Crippen molar-refractivity contribution in [3.05, 3.63) is 82.7 Å². The van der Waals surface area contributed by atoms with E-state index in [0.29, 0.717) is 29.4 Å². The van der Waals surface area contributed by atoms with Gasteiger partial charge in [0, 0.05) is 23.5 Å². The van der Waals surface area contributed by atoms with Gasteiger partial charge in [-0.25, -0.2) is 9.97 Å². The smallest absolute Gasteiger partial charge is 0.270 e. The summed E-state index contributed by atoms with van der Waals surface area (Å²) in [4.78, 5) is 32.5. The van der Waals surface area contributed by atoms with Crippen LogP contribution in [-0.4, -0.2) is 21.7 Å². The SMILES string of the molecule is CC(=O)c1ccc(Nc2nc(C)cc(C(=O)NCc3cccc(C)c3)n2)cc1. The highest BCUT2D eigenvalue weighted by Crippen LogP contribution is 2.15. The molecular weight excluding hydrogens is 352 g/mol. The number of ketones is 1. The number of anilines is 2. The lowest BCUT2D eigenvalue weighted by Crippen LogP contribution is -2.24. The maximum atomic E-state index is 12.5. The molecule has 0 fully saturated rings. The van der Waals surface area contributed by atoms with Crippen LogP contribution in [-0.2, 0) is 6.54 Å². The van der Waals surface area contributed by atoms with Gasteiger partial charge in [-0.15, -0.1) is 0 Å². The first-order valence-electron chi connectivity index (χ1n) is 8.98. The first kappa shape index (κ1) is 19.2. The van der Waals surface area contributed by atoms with E-state index in [1.54, 1.807) is 30.3 Å². The molecular formula is C22H22N4O2. The molecule has 3 rings (SSSR count). The van der Waals surface area contributed by atoms with Crippen LogP contribution >= 0.6 is 0 Å². The summed E-state index contributed by atoms with van der Waals surface area (Å²) in [6, 6.07) is 16.6. The van der Waals surface area contributed by atoms with E-state index < -0.39 is 0 Å². The van der Waals surface area contributed by atoms with Crippen LogP contribution in [0, 0.1) is 13.8 Å². The molecule has 1 amide bonds. The van der Waals surface area contributed by atoms with Crippen LogP contribution in [0.25, 0.3) is 0 Å². The predicted octanol–water partition coefficient (Wildman–Crippen LogP) is 3.97. The minimum Gasteiger partial charge on any atom is -0.347 e. The van der Waals surface area contributed by atoms with Gasteiger partial charge < -0.3 is 10.6 Å². The van der Waals surface area contributed by atoms with Gasteiger partial charge in [0.05, 0.1) is 0 Å². The Hall–Kier alpha value is -3.54. The molecule has 28 heavy (non-hydrogen) atoms. The van der Waals surface area contributed by atoms with Crippen molar-refractivity contribution in [3.8, 4) is 0 Å². The highest BCUT2D eigenvalue weighted by Gasteiger charge is 2.11. The lowest BCUT2D eigenvalue weighted by atomic mass is 10.1. The fraction of sp³-hybridized carbons (Fsp3) is 0.182. The number of aromatic nitrogens is 2. The first-order valence-corrected chi connectivity index (χ1v) is 8.98. The number of hydrogen-bond donors (Lipinski definition) is 2. The summed E-state index contributed by atoms with van der Waals surface area (Å²) in [5.74, 6) is 0.0733. The molecule has 142 valence electrons. The molecule has 0 atom stereocenters. The van der Waals surface area contributed by atoms with Crippen LogP contribution in [0.5, 0.6) is 0 Å². The van der Waals surface area contributed by atoms with Gasteiger partial charge in [-0.05, 0) is 56.7 Å². The van der Waals surface area contributed by atoms with Crippen molar-refractivity contribution in [2.24, 2.45) is 0 Å². The van der Waals surface area contributed by atoms with Crippen molar-refractivity contribution < 1.29 is 9.59 Å². The number of carbonyl (C=O) groups is 2. The maximum Gasteiger partial charge on any atom is 0.270 e. The monoisotopic (exact) mass is 374 g/mol. The lowest BCUT2D eigenvalue weighted by Gasteiger charge is -2.09. The van der Waals surface area contributed by atoms with Crippen molar-refractivity contribution in [3.63, 3.8) is 0 Å². The Morgan fingerprint density at radius 3 is 2.39 bits per heavy atom. The van der Waals surface area contributed by atoms with E-state index in [4.69, 9.17) is 0 Å². The summed E-state index contributed by atoms with van der Waals surface area (Å²) < 4.78 is 0. The Kier molecular flexibility index (Phi) is 5.79. The van der Waals surface area contributed by atoms with Gasteiger partial charge in [0.25, 0.3) is 5.91 Å². The van der Waals surface area contributed by atoms with E-state index in [2.05, 4.69) is 20.6 Å². The summed E-state index contributed by atoms with van der Waals surface area (Å²) in [5.41, 5.74) is 4.52. The summed E-state index contributed by atoms with van der Waals surface area (Å²) in [7, 11) is 0. The van der Waals surface area contributed by atoms with Crippen molar-refractivity contribution in [2.75, 3.05) is 5.32 Å². The third kappa shape index (κ3) is 5.01. The highest BCUT2D eigenvalue weighted by molar-refractivity contribution is 5.94. The molecule has 2 aromatic carbocycles. The zero-order chi connectivity index (χ0) is 20.1. The molecule has 0 spiro atoms. The molecule has 6 heteroatoms. The minimum absolute atomic E-state index is 0.00548. The molecule has 0 radical (unpaired) electrons. The molecule has 0 bridgehead atoms. The van der Waals surface area contributed by atoms with Crippen LogP contribution in [0.3, 0.4) is 0 Å². The van der Waals surface area contributed by atoms with Crippen LogP contribution < -0.4 is 10.6 Å². The maximum absolute atomic E-state index is 12.5. The number of nitrogens with zero attached hydrogens (tertiary/aromatic N) is 2. The molecule has 0 aliphatic carbocycles. The lowest BCUT2D eigenvalue weighted by molar-refractivity contribution is 0.0945. The van der Waals surface area contributed by atoms with Crippen molar-refractivity contribution in [1.82, 2.24) is 15.3 Å². The Morgan fingerprint density at radius 2 is 1.71 bits per heavy atom. The fourth-order valence-corrected chi connectivity index (χ4v) is 2.75. The highest BCUT2D eigenvalue weighted by atomic mass is 16.1. The summed E-state index contributed by atoms with van der Waals surface area (Å²) in [6.07, 6.45) is 0. The standard InChI is InChI=1S/C22H22N4O2/c1-14-5-4-6-17(11-14)13-23-21(28)20-12-15(2)24-22(26-20)25-19-9-7-18(8-10-19)16(3)27/h4-12H,13H2,1-3H3,(H,23,28)(H,24,25,26). The second-order valence-corrected chi connectivity index (χ2v) is 6.65. The number of nitrogens with one attached hydrogen (secondary N) is 2. The van der Waals surface area contributed by atoms with E-state index in [1.807, 2.05) is 38.1 Å². The number of amides is 1. The van der Waals surface area contributed by atoms with E-state index in [0.717, 1.165) is 16.8 Å². The van der Waals surface area contributed by atoms with Crippen molar-refractivity contribution in [2.45, 2.75) is 27.3 Å². The molecule has 3 aromatic rings. The van der Waals surface area contributed by atoms with E-state index >= 15 is 0 Å². The fourth-order valence-electron chi connectivity index (χ4n) is 2.75. The van der Waals surface area contributed by atoms with Crippen molar-refractivity contribution in [1.29, 1.82) is 0 Å². The number of benzene rings is 2. The van der Waals surface area contributed by atoms with Gasteiger partial charge in [-0.2, -0.15) is 0 Å². The molecule has 0 aliphatic rings. The molecule has 0 unspecified atom stereocenters. The number of aryl methyl sites for hydroxylation is 2. The second kappa shape index (κ2) is 8.43. The van der Waals surface area contributed by atoms with Gasteiger partial charge in [0.15, 0.2) is 5.78 Å². The zero-order valence-corrected chi connectivity index (χ0v) is 16.1. The number of rotatable bonds is 6. The van der Waals surface area contributed by atoms with E-state index in [1.165, 1.54) is 6.92 Å². The first-order chi connectivity index (χ1) is 13.4. The topological polar surface area (TPSA) is 84.0 Å². The van der Waals surface area contributed by atoms with Crippen molar-refractivity contribution >= 4 is 23.3 Å². The average molecular weight is 374 g/mol. The zero-order valence-electron chi connectivity index (χ0n) is 16.1. The third-order valence-electron chi connectivity index (χ3n) is 4.17. The second-order valence-electron chi connectivity index (χ2n) is 6.65. The normalized spacial score (nSPS) is 10.4. The molecule has 1 aromatic heterocycles. The van der Waals surface area contributed by atoms with Crippen LogP contribution in [0.1, 0.15) is 44.6 Å². The van der Waals surface area contributed by atoms with Gasteiger partial charge in [0.2, 0.25) is 5.95 Å². The van der Waals surface area contributed by atoms with Gasteiger partial charge in [0.1, 0.15) is 5.69 Å². The molecule has 6 nitrogen and oxygen atoms in total. The van der Waals surface area contributed by atoms with Gasteiger partial charge >= 0.3 is 0 Å². The third-order valence-corrected chi connectivity index (χ3v) is 4.17.